The number of aromatic nitrogens is 5. The Bertz CT molecular complexity index is 1360. The Morgan fingerprint density at radius 3 is 2.49 bits per heavy atom. The van der Waals surface area contributed by atoms with Crippen molar-refractivity contribution in [2.75, 3.05) is 5.32 Å². The van der Waals surface area contributed by atoms with Crippen molar-refractivity contribution in [3.63, 3.8) is 0 Å². The van der Waals surface area contributed by atoms with E-state index in [1.54, 1.807) is 29.5 Å². The summed E-state index contributed by atoms with van der Waals surface area (Å²) in [4.78, 5) is 24.8. The highest BCUT2D eigenvalue weighted by Gasteiger charge is 2.51. The number of hydrogen-bond donors (Lipinski definition) is 2. The first-order chi connectivity index (χ1) is 16.9. The van der Waals surface area contributed by atoms with Crippen molar-refractivity contribution in [3.05, 3.63) is 72.4 Å². The molecule has 1 fully saturated rings. The number of anilines is 2. The van der Waals surface area contributed by atoms with E-state index in [0.717, 1.165) is 27.9 Å². The summed E-state index contributed by atoms with van der Waals surface area (Å²) in [5, 5.41) is 17.1. The molecule has 9 heteroatoms. The van der Waals surface area contributed by atoms with Crippen molar-refractivity contribution in [3.8, 4) is 22.4 Å². The number of carbonyl (C=O) groups is 1. The van der Waals surface area contributed by atoms with Crippen LogP contribution in [0.1, 0.15) is 31.0 Å². The van der Waals surface area contributed by atoms with Crippen LogP contribution in [0.25, 0.3) is 22.4 Å². The van der Waals surface area contributed by atoms with E-state index >= 15 is 0 Å². The molecule has 5 rings (SSSR count). The van der Waals surface area contributed by atoms with Gasteiger partial charge in [0.15, 0.2) is 0 Å². The van der Waals surface area contributed by atoms with E-state index in [1.165, 1.54) is 6.92 Å². The maximum atomic E-state index is 13.4. The number of aliphatic carboxylic acids is 1. The number of carboxylic acid groups (broad SMARTS) is 1. The molecule has 178 valence electrons. The molecule has 3 aromatic heterocycles. The lowest BCUT2D eigenvalue weighted by molar-refractivity contribution is -0.140. The van der Waals surface area contributed by atoms with E-state index in [4.69, 9.17) is 0 Å². The molecule has 0 amide bonds. The smallest absolute Gasteiger partial charge is 0.314 e. The molecule has 0 spiro atoms. The van der Waals surface area contributed by atoms with Crippen LogP contribution in [-0.4, -0.2) is 42.0 Å². The number of alkyl halides is 1. The molecule has 1 atom stereocenters. The zero-order valence-electron chi connectivity index (χ0n) is 19.4. The number of rotatable bonds is 8. The number of carboxylic acids is 1. The average Bonchev–Trinajstić information content (AvgIpc) is 3.59. The fourth-order valence-electron chi connectivity index (χ4n) is 4.20. The third-order valence-electron chi connectivity index (χ3n) is 6.33. The Kier molecular flexibility index (Phi) is 5.76. The predicted molar refractivity (Wildman–Crippen MR) is 130 cm³/mol. The third kappa shape index (κ3) is 4.49. The van der Waals surface area contributed by atoms with Crippen molar-refractivity contribution in [2.24, 2.45) is 7.05 Å². The first kappa shape index (κ1) is 22.6. The van der Waals surface area contributed by atoms with Gasteiger partial charge in [0.25, 0.3) is 0 Å². The van der Waals surface area contributed by atoms with E-state index in [9.17, 15) is 14.3 Å². The van der Waals surface area contributed by atoms with Gasteiger partial charge in [-0.2, -0.15) is 5.10 Å². The van der Waals surface area contributed by atoms with Gasteiger partial charge >= 0.3 is 5.97 Å². The van der Waals surface area contributed by atoms with E-state index in [0.29, 0.717) is 30.2 Å². The van der Waals surface area contributed by atoms with Gasteiger partial charge in [0.05, 0.1) is 34.8 Å². The molecule has 1 aliphatic rings. The molecule has 0 unspecified atom stereocenters. The molecule has 35 heavy (non-hydrogen) atoms. The van der Waals surface area contributed by atoms with E-state index < -0.39 is 17.6 Å². The van der Waals surface area contributed by atoms with E-state index in [2.05, 4.69) is 25.4 Å². The zero-order chi connectivity index (χ0) is 24.6. The fourth-order valence-corrected chi connectivity index (χ4v) is 4.20. The van der Waals surface area contributed by atoms with Crippen molar-refractivity contribution in [1.29, 1.82) is 0 Å². The van der Waals surface area contributed by atoms with Crippen LogP contribution in [0.15, 0.2) is 61.2 Å². The van der Waals surface area contributed by atoms with Gasteiger partial charge in [-0.05, 0) is 37.0 Å². The summed E-state index contributed by atoms with van der Waals surface area (Å²) in [5.41, 5.74) is 4.11. The summed E-state index contributed by atoms with van der Waals surface area (Å²) in [6.45, 7) is 1.49. The van der Waals surface area contributed by atoms with Crippen LogP contribution < -0.4 is 5.32 Å². The minimum absolute atomic E-state index is 0.196. The molecule has 1 saturated carbocycles. The monoisotopic (exact) mass is 472 g/mol. The Balaban J connectivity index is 1.36. The van der Waals surface area contributed by atoms with Crippen LogP contribution in [0.3, 0.4) is 0 Å². The van der Waals surface area contributed by atoms with Gasteiger partial charge in [-0.3, -0.25) is 19.4 Å². The van der Waals surface area contributed by atoms with Gasteiger partial charge in [0, 0.05) is 31.4 Å². The summed E-state index contributed by atoms with van der Waals surface area (Å²) in [7, 11) is 1.81. The molecule has 1 aromatic carbocycles. The Labute approximate surface area is 201 Å². The number of aryl methyl sites for hydroxylation is 1. The molecule has 3 heterocycles. The molecule has 4 aromatic rings. The molecule has 0 saturated heterocycles. The second-order valence-corrected chi connectivity index (χ2v) is 8.93. The maximum absolute atomic E-state index is 13.4. The third-order valence-corrected chi connectivity index (χ3v) is 6.33. The van der Waals surface area contributed by atoms with Gasteiger partial charge < -0.3 is 10.4 Å². The van der Waals surface area contributed by atoms with Gasteiger partial charge in [-0.25, -0.2) is 9.37 Å². The van der Waals surface area contributed by atoms with Crippen LogP contribution in [-0.2, 0) is 23.7 Å². The molecule has 2 N–H and O–H groups in total. The molecule has 0 aliphatic heterocycles. The highest BCUT2D eigenvalue weighted by atomic mass is 19.1. The normalized spacial score (nSPS) is 14.9. The summed E-state index contributed by atoms with van der Waals surface area (Å²) in [6.07, 6.45) is 7.22. The van der Waals surface area contributed by atoms with Crippen LogP contribution in [0.4, 0.5) is 16.0 Å². The van der Waals surface area contributed by atoms with Crippen molar-refractivity contribution in [1.82, 2.24) is 24.7 Å². The standard InChI is InChI=1S/C26H25FN6O2/c1-16(27)11-20-13-28-15-23(31-20)32-24-21(14-30-33(24)2)22-8-5-18(12-29-22)17-3-6-19(7-4-17)26(9-10-26)25(34)35/h3-8,12-16H,9-11H2,1-2H3,(H,31,32)(H,34,35)/t16-/m0/s1. The summed E-state index contributed by atoms with van der Waals surface area (Å²) in [5.74, 6) is 0.434. The second-order valence-electron chi connectivity index (χ2n) is 8.93. The number of hydrogen-bond acceptors (Lipinski definition) is 6. The first-order valence-corrected chi connectivity index (χ1v) is 11.4. The highest BCUT2D eigenvalue weighted by molar-refractivity contribution is 5.85. The van der Waals surface area contributed by atoms with Gasteiger partial charge in [0.1, 0.15) is 17.8 Å². The Hall–Kier alpha value is -4.14. The Morgan fingerprint density at radius 2 is 1.86 bits per heavy atom. The minimum Gasteiger partial charge on any atom is -0.481 e. The van der Waals surface area contributed by atoms with Gasteiger partial charge in [-0.15, -0.1) is 0 Å². The Morgan fingerprint density at radius 1 is 1.11 bits per heavy atom. The van der Waals surface area contributed by atoms with Crippen molar-refractivity contribution in [2.45, 2.75) is 37.8 Å². The topological polar surface area (TPSA) is 106 Å². The summed E-state index contributed by atoms with van der Waals surface area (Å²) in [6, 6.07) is 11.6. The minimum atomic E-state index is -1.00. The second kappa shape index (κ2) is 8.90. The van der Waals surface area contributed by atoms with E-state index in [1.807, 2.05) is 43.4 Å². The van der Waals surface area contributed by atoms with E-state index in [-0.39, 0.29) is 6.42 Å². The lowest BCUT2D eigenvalue weighted by atomic mass is 9.94. The van der Waals surface area contributed by atoms with Gasteiger partial charge in [-0.1, -0.05) is 30.3 Å². The number of halogens is 1. The number of nitrogens with zero attached hydrogens (tertiary/aromatic N) is 5. The number of benzene rings is 1. The molecule has 0 bridgehead atoms. The molecule has 8 nitrogen and oxygen atoms in total. The quantitative estimate of drug-likeness (QED) is 0.383. The molecular formula is C26H25FN6O2. The highest BCUT2D eigenvalue weighted by Crippen LogP contribution is 2.48. The SMILES string of the molecule is C[C@H](F)Cc1cncc(Nc2c(-c3ccc(-c4ccc(C5(C(=O)O)CC5)cc4)cn3)cnn2C)n1. The largest absolute Gasteiger partial charge is 0.481 e. The maximum Gasteiger partial charge on any atom is 0.314 e. The fraction of sp³-hybridized carbons (Fsp3) is 0.269. The van der Waals surface area contributed by atoms with Crippen LogP contribution in [0, 0.1) is 0 Å². The van der Waals surface area contributed by atoms with Crippen LogP contribution in [0.5, 0.6) is 0 Å². The zero-order valence-corrected chi connectivity index (χ0v) is 19.4. The lowest BCUT2D eigenvalue weighted by Crippen LogP contribution is -2.19. The van der Waals surface area contributed by atoms with Crippen LogP contribution in [0.2, 0.25) is 0 Å². The average molecular weight is 473 g/mol. The first-order valence-electron chi connectivity index (χ1n) is 11.4. The van der Waals surface area contributed by atoms with Gasteiger partial charge in [0.2, 0.25) is 0 Å². The van der Waals surface area contributed by atoms with Crippen LogP contribution >= 0.6 is 0 Å². The molecular weight excluding hydrogens is 447 g/mol. The lowest BCUT2D eigenvalue weighted by Gasteiger charge is -2.11. The summed E-state index contributed by atoms with van der Waals surface area (Å²) >= 11 is 0. The number of pyridine rings is 1. The number of nitrogens with one attached hydrogen (secondary N) is 1. The molecule has 1 aliphatic carbocycles. The van der Waals surface area contributed by atoms with Crippen molar-refractivity contribution >= 4 is 17.6 Å². The summed E-state index contributed by atoms with van der Waals surface area (Å²) < 4.78 is 15.1. The van der Waals surface area contributed by atoms with Crippen molar-refractivity contribution < 1.29 is 14.3 Å². The molecule has 0 radical (unpaired) electrons. The predicted octanol–water partition coefficient (Wildman–Crippen LogP) is 4.70.